The zero-order valence-corrected chi connectivity index (χ0v) is 27.5. The molecule has 1 aliphatic rings. The van der Waals surface area contributed by atoms with Crippen molar-refractivity contribution in [2.24, 2.45) is 11.8 Å². The molecule has 2 N–H and O–H groups in total. The molecule has 0 aliphatic carbocycles. The summed E-state index contributed by atoms with van der Waals surface area (Å²) >= 11 is 1.29. The normalized spacial score (nSPS) is 16.3. The van der Waals surface area contributed by atoms with Gasteiger partial charge < -0.3 is 20.1 Å². The number of carbonyl (C=O) groups is 2. The minimum Gasteiger partial charge on any atom is -0.496 e. The highest BCUT2D eigenvalue weighted by Crippen LogP contribution is 2.35. The Morgan fingerprint density at radius 3 is 2.53 bits per heavy atom. The van der Waals surface area contributed by atoms with Crippen LogP contribution in [0, 0.1) is 24.6 Å². The van der Waals surface area contributed by atoms with E-state index in [-0.39, 0.29) is 22.5 Å². The Kier molecular flexibility index (Phi) is 12.3. The molecular formula is C34H38F4N4O4S. The van der Waals surface area contributed by atoms with Gasteiger partial charge in [-0.3, -0.25) is 14.6 Å². The monoisotopic (exact) mass is 674 g/mol. The number of methoxy groups -OCH3 is 1. The van der Waals surface area contributed by atoms with E-state index in [1.165, 1.54) is 69.0 Å². The molecule has 1 fully saturated rings. The number of unbranched alkanes of at least 4 members (excludes halogenated alkanes) is 1. The Morgan fingerprint density at radius 2 is 1.83 bits per heavy atom. The standard InChI is InChI=1S/C23H16F4N4O3S.C11H22O/c1-11-29-16-5-6-18(34-2)19(20(16)35-11)22(33)31-17-10-28-8-7-13(17)21(32)30-12-3-4-15(24)14(9-12)23(25,26)27;1-3-5-6-11-7-10(4-2)8-12-9-11/h3-10H,1-2H3,(H,30,32)(H,31,33);10-11H,3-9H2,1-2H3. The number of hydrogen-bond donors (Lipinski definition) is 2. The van der Waals surface area contributed by atoms with E-state index in [4.69, 9.17) is 9.47 Å². The molecule has 2 amide bonds. The zero-order valence-electron chi connectivity index (χ0n) is 26.7. The van der Waals surface area contributed by atoms with E-state index in [0.717, 1.165) is 36.1 Å². The molecule has 1 saturated heterocycles. The van der Waals surface area contributed by atoms with Crippen LogP contribution in [-0.4, -0.2) is 42.1 Å². The number of anilines is 2. The molecule has 0 bridgehead atoms. The number of ether oxygens (including phenoxy) is 2. The summed E-state index contributed by atoms with van der Waals surface area (Å²) in [6.07, 6.45) is 4.37. The molecule has 47 heavy (non-hydrogen) atoms. The number of rotatable bonds is 9. The summed E-state index contributed by atoms with van der Waals surface area (Å²) in [5.74, 6) is -0.891. The average Bonchev–Trinajstić information content (AvgIpc) is 3.44. The topological polar surface area (TPSA) is 102 Å². The van der Waals surface area contributed by atoms with Gasteiger partial charge in [-0.1, -0.05) is 33.1 Å². The van der Waals surface area contributed by atoms with E-state index in [1.807, 2.05) is 0 Å². The second-order valence-corrected chi connectivity index (χ2v) is 12.5. The molecule has 4 aromatic rings. The summed E-state index contributed by atoms with van der Waals surface area (Å²) in [6.45, 7) is 8.37. The van der Waals surface area contributed by atoms with E-state index in [1.54, 1.807) is 19.1 Å². The fraction of sp³-hybridized carbons (Fsp3) is 0.412. The summed E-state index contributed by atoms with van der Waals surface area (Å²) in [7, 11) is 1.41. The molecule has 2 aromatic carbocycles. The molecule has 8 nitrogen and oxygen atoms in total. The van der Waals surface area contributed by atoms with Gasteiger partial charge in [-0.2, -0.15) is 13.2 Å². The summed E-state index contributed by atoms with van der Waals surface area (Å²) in [4.78, 5) is 34.3. The molecule has 0 saturated carbocycles. The van der Waals surface area contributed by atoms with Gasteiger partial charge >= 0.3 is 6.18 Å². The Bertz CT molecular complexity index is 1690. The van der Waals surface area contributed by atoms with E-state index < -0.39 is 29.4 Å². The molecule has 252 valence electrons. The number of halogens is 4. The molecule has 13 heteroatoms. The first-order valence-corrected chi connectivity index (χ1v) is 16.2. The highest BCUT2D eigenvalue weighted by molar-refractivity contribution is 7.19. The number of hydrogen-bond acceptors (Lipinski definition) is 7. The van der Waals surface area contributed by atoms with Crippen LogP contribution in [0.15, 0.2) is 48.8 Å². The predicted molar refractivity (Wildman–Crippen MR) is 175 cm³/mol. The summed E-state index contributed by atoms with van der Waals surface area (Å²) in [5.41, 5.74) is -1.05. The van der Waals surface area contributed by atoms with Gasteiger partial charge in [0.05, 0.1) is 45.3 Å². The third-order valence-electron chi connectivity index (χ3n) is 7.83. The summed E-state index contributed by atoms with van der Waals surface area (Å²) in [5, 5.41) is 5.64. The molecule has 2 atom stereocenters. The number of nitrogens with zero attached hydrogens (tertiary/aromatic N) is 2. The molecular weight excluding hydrogens is 636 g/mol. The predicted octanol–water partition coefficient (Wildman–Crippen LogP) is 8.91. The van der Waals surface area contributed by atoms with E-state index in [9.17, 15) is 27.2 Å². The van der Waals surface area contributed by atoms with Crippen molar-refractivity contribution in [3.8, 4) is 5.75 Å². The minimum absolute atomic E-state index is 0.00782. The molecule has 0 radical (unpaired) electrons. The number of aryl methyl sites for hydroxylation is 1. The van der Waals surface area contributed by atoms with Crippen LogP contribution in [0.5, 0.6) is 5.75 Å². The molecule has 2 aromatic heterocycles. The van der Waals surface area contributed by atoms with Crippen molar-refractivity contribution in [1.29, 1.82) is 0 Å². The van der Waals surface area contributed by atoms with Gasteiger partial charge in [0.1, 0.15) is 17.1 Å². The molecule has 2 unspecified atom stereocenters. The van der Waals surface area contributed by atoms with Crippen molar-refractivity contribution in [3.05, 3.63) is 76.3 Å². The van der Waals surface area contributed by atoms with Crippen LogP contribution in [0.4, 0.5) is 28.9 Å². The van der Waals surface area contributed by atoms with Crippen molar-refractivity contribution in [1.82, 2.24) is 9.97 Å². The van der Waals surface area contributed by atoms with Gasteiger partial charge in [-0.05, 0) is 68.0 Å². The van der Waals surface area contributed by atoms with Gasteiger partial charge in [-0.25, -0.2) is 9.37 Å². The number of alkyl halides is 3. The minimum atomic E-state index is -4.93. The molecule has 1 aliphatic heterocycles. The van der Waals surface area contributed by atoms with Crippen LogP contribution in [0.3, 0.4) is 0 Å². The number of aromatic nitrogens is 2. The SMILES string of the molecule is CCCCC1COCC(CC)C1.COc1ccc2nc(C)sc2c1C(=O)Nc1cnccc1C(=O)Nc1ccc(F)c(C(F)(F)F)c1. The van der Waals surface area contributed by atoms with E-state index in [2.05, 4.69) is 34.4 Å². The lowest BCUT2D eigenvalue weighted by atomic mass is 9.88. The fourth-order valence-electron chi connectivity index (χ4n) is 5.35. The Morgan fingerprint density at radius 1 is 1.06 bits per heavy atom. The number of nitrogens with one attached hydrogen (secondary N) is 2. The summed E-state index contributed by atoms with van der Waals surface area (Å²) < 4.78 is 64.1. The first-order chi connectivity index (χ1) is 22.4. The number of amides is 2. The van der Waals surface area contributed by atoms with Gasteiger partial charge in [-0.15, -0.1) is 11.3 Å². The highest BCUT2D eigenvalue weighted by Gasteiger charge is 2.34. The Labute approximate surface area is 274 Å². The van der Waals surface area contributed by atoms with Gasteiger partial charge in [0.15, 0.2) is 0 Å². The van der Waals surface area contributed by atoms with E-state index in [0.29, 0.717) is 28.1 Å². The van der Waals surface area contributed by atoms with Crippen molar-refractivity contribution in [2.45, 2.75) is 59.1 Å². The maximum absolute atomic E-state index is 13.6. The zero-order chi connectivity index (χ0) is 34.1. The average molecular weight is 675 g/mol. The van der Waals surface area contributed by atoms with Crippen molar-refractivity contribution >= 4 is 44.7 Å². The van der Waals surface area contributed by atoms with Crippen LogP contribution in [0.1, 0.15) is 77.2 Å². The third kappa shape index (κ3) is 9.25. The van der Waals surface area contributed by atoms with Gasteiger partial charge in [0.25, 0.3) is 11.8 Å². The first-order valence-electron chi connectivity index (χ1n) is 15.4. The van der Waals surface area contributed by atoms with Crippen LogP contribution in [-0.2, 0) is 10.9 Å². The lowest BCUT2D eigenvalue weighted by Gasteiger charge is -2.28. The van der Waals surface area contributed by atoms with Crippen LogP contribution < -0.4 is 15.4 Å². The molecule has 5 rings (SSSR count). The number of pyridine rings is 1. The van der Waals surface area contributed by atoms with Crippen LogP contribution in [0.2, 0.25) is 0 Å². The van der Waals surface area contributed by atoms with Gasteiger partial charge in [0, 0.05) is 25.1 Å². The summed E-state index contributed by atoms with van der Waals surface area (Å²) in [6, 6.07) is 6.70. The van der Waals surface area contributed by atoms with E-state index >= 15 is 0 Å². The number of fused-ring (bicyclic) bond motifs is 1. The Hall–Kier alpha value is -4.10. The number of thiazole rings is 1. The third-order valence-corrected chi connectivity index (χ3v) is 8.84. The largest absolute Gasteiger partial charge is 0.496 e. The molecule has 3 heterocycles. The van der Waals surface area contributed by atoms with Crippen molar-refractivity contribution in [3.63, 3.8) is 0 Å². The number of benzene rings is 2. The fourth-order valence-corrected chi connectivity index (χ4v) is 6.31. The lowest BCUT2D eigenvalue weighted by molar-refractivity contribution is -0.139. The van der Waals surface area contributed by atoms with Crippen LogP contribution in [0.25, 0.3) is 10.2 Å². The maximum Gasteiger partial charge on any atom is 0.419 e. The maximum atomic E-state index is 13.6. The van der Waals surface area contributed by atoms with Crippen molar-refractivity contribution < 1.29 is 36.6 Å². The highest BCUT2D eigenvalue weighted by atomic mass is 32.1. The van der Waals surface area contributed by atoms with Crippen molar-refractivity contribution in [2.75, 3.05) is 31.0 Å². The smallest absolute Gasteiger partial charge is 0.419 e. The second kappa shape index (κ2) is 16.1. The first kappa shape index (κ1) is 35.7. The quantitative estimate of drug-likeness (QED) is 0.172. The lowest BCUT2D eigenvalue weighted by Crippen LogP contribution is -2.25. The second-order valence-electron chi connectivity index (χ2n) is 11.3. The Balaban J connectivity index is 0.000000351. The van der Waals surface area contributed by atoms with Gasteiger partial charge in [0.2, 0.25) is 0 Å². The van der Waals surface area contributed by atoms with Crippen LogP contribution >= 0.6 is 11.3 Å². The number of carbonyl (C=O) groups excluding carboxylic acids is 2. The molecule has 0 spiro atoms.